The minimum absolute atomic E-state index is 0.0336. The molecule has 156 valence electrons. The molecule has 0 bridgehead atoms. The Hall–Kier alpha value is -3.49. The van der Waals surface area contributed by atoms with E-state index in [0.717, 1.165) is 5.39 Å². The average Bonchev–Trinajstić information content (AvgIpc) is 2.79. The maximum absolute atomic E-state index is 13.3. The fraction of sp³-hybridized carbons (Fsp3) is 0. The minimum Gasteiger partial charge on any atom is -0.262 e. The van der Waals surface area contributed by atoms with E-state index in [1.54, 1.807) is 78.9 Å². The molecule has 6 nitrogen and oxygen atoms in total. The molecule has 1 N–H and O–H groups in total. The van der Waals surface area contributed by atoms with Crippen LogP contribution >= 0.6 is 0 Å². The topological polar surface area (TPSA) is 92.7 Å². The van der Waals surface area contributed by atoms with Crippen molar-refractivity contribution in [1.29, 1.82) is 0 Å². The number of amidine groups is 1. The summed E-state index contributed by atoms with van der Waals surface area (Å²) in [6.45, 7) is 0. The van der Waals surface area contributed by atoms with Crippen molar-refractivity contribution in [3.63, 3.8) is 0 Å². The number of benzene rings is 4. The first kappa shape index (κ1) is 20.8. The smallest absolute Gasteiger partial charge is 0.262 e. The quantitative estimate of drug-likeness (QED) is 0.368. The third-order valence-electron chi connectivity index (χ3n) is 4.57. The Morgan fingerprint density at radius 2 is 1.23 bits per heavy atom. The highest BCUT2D eigenvalue weighted by Gasteiger charge is 2.22. The fourth-order valence-electron chi connectivity index (χ4n) is 3.10. The second kappa shape index (κ2) is 8.33. The molecule has 4 aromatic rings. The van der Waals surface area contributed by atoms with Crippen molar-refractivity contribution in [2.24, 2.45) is 4.40 Å². The van der Waals surface area contributed by atoms with Gasteiger partial charge in [0.1, 0.15) is 0 Å². The van der Waals surface area contributed by atoms with E-state index < -0.39 is 20.0 Å². The molecule has 4 rings (SSSR count). The Kier molecular flexibility index (Phi) is 5.58. The molecule has 0 spiro atoms. The van der Waals surface area contributed by atoms with Crippen LogP contribution in [0.15, 0.2) is 117 Å². The Bertz CT molecular complexity index is 1460. The van der Waals surface area contributed by atoms with Crippen molar-refractivity contribution in [2.75, 3.05) is 0 Å². The molecular formula is C23H18N2O4S2. The van der Waals surface area contributed by atoms with E-state index >= 15 is 0 Å². The van der Waals surface area contributed by atoms with E-state index in [0.29, 0.717) is 10.9 Å². The molecule has 31 heavy (non-hydrogen) atoms. The van der Waals surface area contributed by atoms with Gasteiger partial charge in [0, 0.05) is 10.9 Å². The van der Waals surface area contributed by atoms with Gasteiger partial charge in [-0.3, -0.25) is 4.72 Å². The van der Waals surface area contributed by atoms with Gasteiger partial charge < -0.3 is 0 Å². The summed E-state index contributed by atoms with van der Waals surface area (Å²) in [7, 11) is -8.28. The standard InChI is InChI=1S/C23H18N2O4S2/c26-30(27,20-14-5-2-6-15-20)24-23(19-11-3-1-4-12-19)25-31(28,29)22-17-9-13-18-10-7-8-16-21(18)22/h1-17H,(H,24,25). The van der Waals surface area contributed by atoms with Crippen LogP contribution in [-0.4, -0.2) is 22.7 Å². The van der Waals surface area contributed by atoms with E-state index in [4.69, 9.17) is 0 Å². The third kappa shape index (κ3) is 4.50. The molecule has 0 saturated carbocycles. The molecule has 0 atom stereocenters. The van der Waals surface area contributed by atoms with Crippen LogP contribution in [0.5, 0.6) is 0 Å². The van der Waals surface area contributed by atoms with Crippen molar-refractivity contribution in [1.82, 2.24) is 4.72 Å². The lowest BCUT2D eigenvalue weighted by Gasteiger charge is -2.13. The highest BCUT2D eigenvalue weighted by molar-refractivity contribution is 7.91. The number of fused-ring (bicyclic) bond motifs is 1. The SMILES string of the molecule is O=S(=O)(N=C(NS(=O)(=O)c1cccc2ccccc12)c1ccccc1)c1ccccc1. The number of rotatable bonds is 5. The molecule has 0 aliphatic heterocycles. The van der Waals surface area contributed by atoms with Crippen molar-refractivity contribution in [3.8, 4) is 0 Å². The molecule has 4 aromatic carbocycles. The van der Waals surface area contributed by atoms with Crippen LogP contribution in [0.3, 0.4) is 0 Å². The van der Waals surface area contributed by atoms with E-state index in [1.807, 2.05) is 6.07 Å². The highest BCUT2D eigenvalue weighted by Crippen LogP contribution is 2.23. The van der Waals surface area contributed by atoms with E-state index in [2.05, 4.69) is 9.12 Å². The van der Waals surface area contributed by atoms with Crippen LogP contribution in [0.25, 0.3) is 10.8 Å². The number of hydrogen-bond donors (Lipinski definition) is 1. The van der Waals surface area contributed by atoms with Crippen LogP contribution < -0.4 is 4.72 Å². The lowest BCUT2D eigenvalue weighted by Crippen LogP contribution is -2.32. The molecule has 0 unspecified atom stereocenters. The average molecular weight is 451 g/mol. The van der Waals surface area contributed by atoms with Crippen LogP contribution in [0.2, 0.25) is 0 Å². The second-order valence-electron chi connectivity index (χ2n) is 6.68. The maximum atomic E-state index is 13.3. The molecule has 0 aliphatic carbocycles. The number of sulfonamides is 2. The molecule has 0 aliphatic rings. The summed E-state index contributed by atoms with van der Waals surface area (Å²) in [5, 5.41) is 1.27. The monoisotopic (exact) mass is 450 g/mol. The molecule has 0 amide bonds. The zero-order valence-corrected chi connectivity index (χ0v) is 17.8. The molecule has 0 heterocycles. The summed E-state index contributed by atoms with van der Waals surface area (Å²) in [5.41, 5.74) is 0.325. The predicted octanol–water partition coefficient (Wildman–Crippen LogP) is 3.95. The number of nitrogens with one attached hydrogen (secondary N) is 1. The van der Waals surface area contributed by atoms with Gasteiger partial charge in [0.25, 0.3) is 20.0 Å². The van der Waals surface area contributed by atoms with E-state index in [-0.39, 0.29) is 15.6 Å². The first-order valence-electron chi connectivity index (χ1n) is 9.33. The lowest BCUT2D eigenvalue weighted by molar-refractivity contribution is 0.593. The van der Waals surface area contributed by atoms with Crippen molar-refractivity contribution in [3.05, 3.63) is 109 Å². The zero-order chi connectivity index (χ0) is 21.9. The van der Waals surface area contributed by atoms with Gasteiger partial charge >= 0.3 is 0 Å². The van der Waals surface area contributed by atoms with Crippen LogP contribution in [0.1, 0.15) is 5.56 Å². The molecule has 0 saturated heterocycles. The van der Waals surface area contributed by atoms with Gasteiger partial charge in [0.05, 0.1) is 9.79 Å². The van der Waals surface area contributed by atoms with Crippen LogP contribution in [0.4, 0.5) is 0 Å². The second-order valence-corrected chi connectivity index (χ2v) is 9.93. The van der Waals surface area contributed by atoms with Crippen molar-refractivity contribution in [2.45, 2.75) is 9.79 Å². The van der Waals surface area contributed by atoms with Gasteiger partial charge in [0.2, 0.25) is 0 Å². The Balaban J connectivity index is 1.84. The van der Waals surface area contributed by atoms with Crippen LogP contribution in [-0.2, 0) is 20.0 Å². The van der Waals surface area contributed by atoms with Gasteiger partial charge in [0.15, 0.2) is 5.84 Å². The largest absolute Gasteiger partial charge is 0.284 e. The summed E-state index contributed by atoms with van der Waals surface area (Å²) < 4.78 is 58.4. The van der Waals surface area contributed by atoms with Crippen LogP contribution in [0, 0.1) is 0 Å². The lowest BCUT2D eigenvalue weighted by atomic mass is 10.1. The third-order valence-corrected chi connectivity index (χ3v) is 7.26. The predicted molar refractivity (Wildman–Crippen MR) is 121 cm³/mol. The highest BCUT2D eigenvalue weighted by atomic mass is 32.2. The fourth-order valence-corrected chi connectivity index (χ4v) is 5.42. The summed E-state index contributed by atoms with van der Waals surface area (Å²) in [6, 6.07) is 27.9. The summed E-state index contributed by atoms with van der Waals surface area (Å²) in [6.07, 6.45) is 0. The van der Waals surface area contributed by atoms with E-state index in [1.165, 1.54) is 18.2 Å². The van der Waals surface area contributed by atoms with Crippen molar-refractivity contribution >= 4 is 36.7 Å². The van der Waals surface area contributed by atoms with Gasteiger partial charge in [-0.05, 0) is 23.6 Å². The van der Waals surface area contributed by atoms with Crippen molar-refractivity contribution < 1.29 is 16.8 Å². The first-order valence-corrected chi connectivity index (χ1v) is 12.3. The normalized spacial score (nSPS) is 12.6. The maximum Gasteiger partial charge on any atom is 0.284 e. The summed E-state index contributed by atoms with van der Waals surface area (Å²) in [4.78, 5) is -0.000805. The van der Waals surface area contributed by atoms with Gasteiger partial charge in [-0.1, -0.05) is 84.9 Å². The molecule has 0 radical (unpaired) electrons. The molecule has 0 aromatic heterocycles. The summed E-state index contributed by atoms with van der Waals surface area (Å²) in [5.74, 6) is -0.280. The Morgan fingerprint density at radius 1 is 0.645 bits per heavy atom. The van der Waals surface area contributed by atoms with Gasteiger partial charge in [-0.25, -0.2) is 8.42 Å². The van der Waals surface area contributed by atoms with Gasteiger partial charge in [-0.2, -0.15) is 8.42 Å². The van der Waals surface area contributed by atoms with E-state index in [9.17, 15) is 16.8 Å². The zero-order valence-electron chi connectivity index (χ0n) is 16.2. The minimum atomic E-state index is -4.14. The molecular weight excluding hydrogens is 432 g/mol. The Morgan fingerprint density at radius 3 is 1.94 bits per heavy atom. The molecule has 8 heteroatoms. The Labute approximate surface area is 181 Å². The first-order chi connectivity index (χ1) is 14.9. The van der Waals surface area contributed by atoms with Gasteiger partial charge in [-0.15, -0.1) is 4.40 Å². The summed E-state index contributed by atoms with van der Waals surface area (Å²) >= 11 is 0. The number of hydrogen-bond acceptors (Lipinski definition) is 4. The molecule has 0 fully saturated rings. The number of nitrogens with zero attached hydrogens (tertiary/aromatic N) is 1.